The maximum atomic E-state index is 11.0. The van der Waals surface area contributed by atoms with Gasteiger partial charge >= 0.3 is 5.97 Å². The summed E-state index contributed by atoms with van der Waals surface area (Å²) >= 11 is 6.03. The number of rotatable bonds is 2. The topological polar surface area (TPSA) is 64.3 Å². The van der Waals surface area contributed by atoms with Crippen LogP contribution < -0.4 is 4.90 Å². The van der Waals surface area contributed by atoms with Gasteiger partial charge in [-0.3, -0.25) is 4.79 Å². The van der Waals surface area contributed by atoms with Crippen molar-refractivity contribution in [2.45, 2.75) is 25.8 Å². The first kappa shape index (κ1) is 13.7. The maximum absolute atomic E-state index is 11.0. The fourth-order valence-corrected chi connectivity index (χ4v) is 2.83. The van der Waals surface area contributed by atoms with Crippen LogP contribution in [0.4, 0.5) is 5.69 Å². The van der Waals surface area contributed by atoms with E-state index in [9.17, 15) is 10.1 Å². The molecular formula is C14H15ClN2O2. The largest absolute Gasteiger partial charge is 0.481 e. The average Bonchev–Trinajstić information content (AvgIpc) is 2.38. The van der Waals surface area contributed by atoms with E-state index >= 15 is 0 Å². The van der Waals surface area contributed by atoms with Crippen LogP contribution in [0.25, 0.3) is 0 Å². The van der Waals surface area contributed by atoms with E-state index < -0.39 is 5.97 Å². The zero-order valence-corrected chi connectivity index (χ0v) is 11.4. The summed E-state index contributed by atoms with van der Waals surface area (Å²) in [5.74, 6) is -1.03. The Morgan fingerprint density at radius 1 is 1.58 bits per heavy atom. The van der Waals surface area contributed by atoms with Gasteiger partial charge in [0.25, 0.3) is 0 Å². The highest BCUT2D eigenvalue weighted by Gasteiger charge is 2.30. The van der Waals surface area contributed by atoms with Gasteiger partial charge in [-0.15, -0.1) is 0 Å². The Hall–Kier alpha value is -1.73. The SMILES string of the molecule is CC1CC(C(=O)O)CCN1c1cccc(Cl)c1C#N. The number of aliphatic carboxylic acids is 1. The molecule has 0 aromatic heterocycles. The van der Waals surface area contributed by atoms with Gasteiger partial charge in [-0.2, -0.15) is 5.26 Å². The maximum Gasteiger partial charge on any atom is 0.306 e. The Morgan fingerprint density at radius 3 is 2.89 bits per heavy atom. The lowest BCUT2D eigenvalue weighted by atomic mass is 9.91. The fourth-order valence-electron chi connectivity index (χ4n) is 2.62. The molecule has 4 nitrogen and oxygen atoms in total. The first-order chi connectivity index (χ1) is 9.04. The van der Waals surface area contributed by atoms with Gasteiger partial charge in [0, 0.05) is 12.6 Å². The van der Waals surface area contributed by atoms with E-state index in [0.29, 0.717) is 30.0 Å². The number of benzene rings is 1. The van der Waals surface area contributed by atoms with Gasteiger partial charge in [0.15, 0.2) is 0 Å². The van der Waals surface area contributed by atoms with Gasteiger partial charge in [0.05, 0.1) is 22.2 Å². The van der Waals surface area contributed by atoms with Crippen LogP contribution >= 0.6 is 11.6 Å². The Morgan fingerprint density at radius 2 is 2.32 bits per heavy atom. The minimum absolute atomic E-state index is 0.0837. The van der Waals surface area contributed by atoms with Crippen LogP contribution in [0.1, 0.15) is 25.3 Å². The van der Waals surface area contributed by atoms with Crippen molar-refractivity contribution in [1.82, 2.24) is 0 Å². The predicted octanol–water partition coefficient (Wildman–Crippen LogP) is 2.90. The molecule has 1 aliphatic heterocycles. The summed E-state index contributed by atoms with van der Waals surface area (Å²) in [6, 6.07) is 7.58. The molecule has 2 atom stereocenters. The normalized spacial score (nSPS) is 22.9. The summed E-state index contributed by atoms with van der Waals surface area (Å²) in [6.45, 7) is 2.62. The van der Waals surface area contributed by atoms with Gasteiger partial charge in [-0.1, -0.05) is 17.7 Å². The van der Waals surface area contributed by atoms with Crippen LogP contribution in [0, 0.1) is 17.2 Å². The van der Waals surface area contributed by atoms with Gasteiger partial charge in [-0.25, -0.2) is 0 Å². The summed E-state index contributed by atoms with van der Waals surface area (Å²) in [6.07, 6.45) is 1.18. The van der Waals surface area contributed by atoms with Gasteiger partial charge in [0.2, 0.25) is 0 Å². The molecule has 1 aromatic rings. The third-order valence-electron chi connectivity index (χ3n) is 3.64. The van der Waals surface area contributed by atoms with Gasteiger partial charge in [-0.05, 0) is 31.9 Å². The molecule has 0 amide bonds. The molecule has 0 aliphatic carbocycles. The number of carboxylic acid groups (broad SMARTS) is 1. The van der Waals surface area contributed by atoms with Crippen LogP contribution in [0.2, 0.25) is 5.02 Å². The van der Waals surface area contributed by atoms with Crippen LogP contribution in [0.15, 0.2) is 18.2 Å². The van der Waals surface area contributed by atoms with Crippen molar-refractivity contribution in [2.24, 2.45) is 5.92 Å². The third-order valence-corrected chi connectivity index (χ3v) is 3.95. The highest BCUT2D eigenvalue weighted by atomic mass is 35.5. The highest BCUT2D eigenvalue weighted by Crippen LogP contribution is 2.33. The van der Waals surface area contributed by atoms with Crippen molar-refractivity contribution < 1.29 is 9.90 Å². The second-order valence-electron chi connectivity index (χ2n) is 4.85. The van der Waals surface area contributed by atoms with E-state index in [-0.39, 0.29) is 12.0 Å². The average molecular weight is 279 g/mol. The lowest BCUT2D eigenvalue weighted by molar-refractivity contribution is -0.142. The summed E-state index contributed by atoms with van der Waals surface area (Å²) in [4.78, 5) is 13.1. The van der Waals surface area contributed by atoms with Crippen molar-refractivity contribution in [2.75, 3.05) is 11.4 Å². The van der Waals surface area contributed by atoms with Crippen molar-refractivity contribution in [3.05, 3.63) is 28.8 Å². The quantitative estimate of drug-likeness (QED) is 0.903. The number of hydrogen-bond acceptors (Lipinski definition) is 3. The zero-order valence-electron chi connectivity index (χ0n) is 10.6. The molecule has 2 rings (SSSR count). The molecule has 0 bridgehead atoms. The van der Waals surface area contributed by atoms with E-state index in [0.717, 1.165) is 5.69 Å². The summed E-state index contributed by atoms with van der Waals surface area (Å²) in [5, 5.41) is 18.7. The lowest BCUT2D eigenvalue weighted by Crippen LogP contribution is -2.43. The smallest absolute Gasteiger partial charge is 0.306 e. The van der Waals surface area contributed by atoms with Gasteiger partial charge < -0.3 is 10.0 Å². The van der Waals surface area contributed by atoms with Crippen molar-refractivity contribution in [1.29, 1.82) is 5.26 Å². The Labute approximate surface area is 117 Å². The molecule has 5 heteroatoms. The molecule has 1 N–H and O–H groups in total. The van der Waals surface area contributed by atoms with Crippen LogP contribution in [0.5, 0.6) is 0 Å². The van der Waals surface area contributed by atoms with E-state index in [2.05, 4.69) is 11.0 Å². The molecule has 0 radical (unpaired) electrons. The number of nitrogens with zero attached hydrogens (tertiary/aromatic N) is 2. The number of carboxylic acids is 1. The first-order valence-corrected chi connectivity index (χ1v) is 6.60. The second kappa shape index (κ2) is 5.50. The minimum atomic E-state index is -0.738. The Bertz CT molecular complexity index is 539. The molecule has 1 saturated heterocycles. The van der Waals surface area contributed by atoms with Crippen molar-refractivity contribution >= 4 is 23.3 Å². The van der Waals surface area contributed by atoms with Crippen LogP contribution in [0.3, 0.4) is 0 Å². The van der Waals surface area contributed by atoms with Crippen molar-refractivity contribution in [3.63, 3.8) is 0 Å². The Kier molecular flexibility index (Phi) is 3.96. The molecule has 1 fully saturated rings. The number of anilines is 1. The van der Waals surface area contributed by atoms with Crippen LogP contribution in [-0.2, 0) is 4.79 Å². The fraction of sp³-hybridized carbons (Fsp3) is 0.429. The highest BCUT2D eigenvalue weighted by molar-refractivity contribution is 6.32. The molecule has 0 spiro atoms. The van der Waals surface area contributed by atoms with E-state index in [1.54, 1.807) is 6.07 Å². The standard InChI is InChI=1S/C14H15ClN2O2/c1-9-7-10(14(18)19)5-6-17(9)13-4-2-3-12(15)11(13)8-16/h2-4,9-10H,5-7H2,1H3,(H,18,19). The monoisotopic (exact) mass is 278 g/mol. The van der Waals surface area contributed by atoms with E-state index in [1.807, 2.05) is 19.1 Å². The number of hydrogen-bond donors (Lipinski definition) is 1. The van der Waals surface area contributed by atoms with Gasteiger partial charge in [0.1, 0.15) is 6.07 Å². The number of halogens is 1. The zero-order chi connectivity index (χ0) is 14.0. The molecule has 19 heavy (non-hydrogen) atoms. The number of nitriles is 1. The molecule has 0 saturated carbocycles. The molecule has 1 aliphatic rings. The minimum Gasteiger partial charge on any atom is -0.481 e. The van der Waals surface area contributed by atoms with Crippen LogP contribution in [-0.4, -0.2) is 23.7 Å². The van der Waals surface area contributed by atoms with Crippen molar-refractivity contribution in [3.8, 4) is 6.07 Å². The molecule has 1 heterocycles. The summed E-state index contributed by atoms with van der Waals surface area (Å²) < 4.78 is 0. The summed E-state index contributed by atoms with van der Waals surface area (Å²) in [5.41, 5.74) is 1.26. The summed E-state index contributed by atoms with van der Waals surface area (Å²) in [7, 11) is 0. The molecule has 2 unspecified atom stereocenters. The molecular weight excluding hydrogens is 264 g/mol. The lowest BCUT2D eigenvalue weighted by Gasteiger charge is -2.38. The second-order valence-corrected chi connectivity index (χ2v) is 5.25. The predicted molar refractivity (Wildman–Crippen MR) is 73.3 cm³/mol. The number of carbonyl (C=O) groups is 1. The Balaban J connectivity index is 2.27. The van der Waals surface area contributed by atoms with E-state index in [4.69, 9.17) is 16.7 Å². The third kappa shape index (κ3) is 2.66. The first-order valence-electron chi connectivity index (χ1n) is 6.22. The molecule has 100 valence electrons. The number of piperidine rings is 1. The van der Waals surface area contributed by atoms with E-state index in [1.165, 1.54) is 0 Å². The molecule has 1 aromatic carbocycles.